The summed E-state index contributed by atoms with van der Waals surface area (Å²) in [5.41, 5.74) is 0. The maximum atomic E-state index is 12.3. The highest BCUT2D eigenvalue weighted by Gasteiger charge is 2.48. The lowest BCUT2D eigenvalue weighted by Crippen LogP contribution is -2.65. The molecule has 3 aliphatic heterocycles. The van der Waals surface area contributed by atoms with Gasteiger partial charge in [-0.2, -0.15) is 0 Å². The molecule has 0 aromatic carbocycles. The van der Waals surface area contributed by atoms with Gasteiger partial charge in [0.2, 0.25) is 11.8 Å². The van der Waals surface area contributed by atoms with Gasteiger partial charge in [-0.1, -0.05) is 0 Å². The van der Waals surface area contributed by atoms with Crippen LogP contribution in [0.2, 0.25) is 0 Å². The van der Waals surface area contributed by atoms with Gasteiger partial charge in [-0.3, -0.25) is 14.5 Å². The molecule has 1 N–H and O–H groups in total. The summed E-state index contributed by atoms with van der Waals surface area (Å²) in [7, 11) is 0. The first-order valence-corrected chi connectivity index (χ1v) is 10.4. The van der Waals surface area contributed by atoms with Crippen LogP contribution in [-0.2, 0) is 9.59 Å². The molecule has 4 aliphatic rings. The summed E-state index contributed by atoms with van der Waals surface area (Å²) in [6.07, 6.45) is 9.87. The first-order valence-electron chi connectivity index (χ1n) is 10.4. The smallest absolute Gasteiger partial charge is 0.220 e. The van der Waals surface area contributed by atoms with Crippen molar-refractivity contribution in [3.05, 3.63) is 0 Å². The monoisotopic (exact) mass is 347 g/mol. The molecule has 25 heavy (non-hydrogen) atoms. The molecule has 140 valence electrons. The van der Waals surface area contributed by atoms with Crippen LogP contribution >= 0.6 is 0 Å². The number of likely N-dealkylation sites (tertiary alicyclic amines) is 1. The summed E-state index contributed by atoms with van der Waals surface area (Å²) >= 11 is 0. The topological polar surface area (TPSA) is 52.7 Å². The molecule has 0 radical (unpaired) electrons. The van der Waals surface area contributed by atoms with Crippen LogP contribution in [-0.4, -0.2) is 59.4 Å². The fourth-order valence-corrected chi connectivity index (χ4v) is 5.73. The summed E-state index contributed by atoms with van der Waals surface area (Å²) in [6.45, 7) is 5.16. The van der Waals surface area contributed by atoms with Crippen LogP contribution in [0.25, 0.3) is 0 Å². The number of carbonyl (C=O) groups is 2. The molecule has 1 aliphatic carbocycles. The minimum Gasteiger partial charge on any atom is -0.353 e. The lowest BCUT2D eigenvalue weighted by atomic mass is 9.69. The zero-order valence-corrected chi connectivity index (χ0v) is 15.6. The molecule has 0 aromatic heterocycles. The van der Waals surface area contributed by atoms with Gasteiger partial charge < -0.3 is 10.2 Å². The molecule has 5 heteroatoms. The first-order chi connectivity index (χ1) is 12.1. The second kappa shape index (κ2) is 7.26. The number of nitrogens with zero attached hydrogens (tertiary/aromatic N) is 2. The number of nitrogens with one attached hydrogen (secondary N) is 1. The van der Waals surface area contributed by atoms with Crippen LogP contribution in [0.4, 0.5) is 0 Å². The molecule has 1 saturated carbocycles. The maximum absolute atomic E-state index is 12.3. The predicted octanol–water partition coefficient (Wildman–Crippen LogP) is 2.16. The average molecular weight is 348 g/mol. The standard InChI is InChI=1S/C20H33N3O2/c1-14(24)23-13-15-5-3-11-22-12-4-6-17(20(15)22)18(23)7-2-8-19(25)21-16-9-10-16/h15-18,20H,2-13H2,1H3,(H,21,25)/t15-,17+,18+,20-/m0/s1. The van der Waals surface area contributed by atoms with E-state index in [1.165, 1.54) is 38.8 Å². The van der Waals surface area contributed by atoms with Gasteiger partial charge in [-0.15, -0.1) is 0 Å². The van der Waals surface area contributed by atoms with E-state index < -0.39 is 0 Å². The highest BCUT2D eigenvalue weighted by molar-refractivity contribution is 5.76. The van der Waals surface area contributed by atoms with E-state index in [0.29, 0.717) is 36.4 Å². The van der Waals surface area contributed by atoms with E-state index in [9.17, 15) is 9.59 Å². The van der Waals surface area contributed by atoms with E-state index >= 15 is 0 Å². The van der Waals surface area contributed by atoms with E-state index in [2.05, 4.69) is 15.1 Å². The van der Waals surface area contributed by atoms with Crippen molar-refractivity contribution in [3.63, 3.8) is 0 Å². The van der Waals surface area contributed by atoms with Crippen molar-refractivity contribution >= 4 is 11.8 Å². The van der Waals surface area contributed by atoms with Gasteiger partial charge in [0.1, 0.15) is 0 Å². The number of rotatable bonds is 5. The Kier molecular flexibility index (Phi) is 5.03. The van der Waals surface area contributed by atoms with E-state index in [1.807, 2.05) is 0 Å². The Bertz CT molecular complexity index is 517. The molecule has 0 spiro atoms. The summed E-state index contributed by atoms with van der Waals surface area (Å²) in [5.74, 6) is 1.71. The van der Waals surface area contributed by atoms with Crippen LogP contribution in [0.1, 0.15) is 64.7 Å². The molecule has 4 fully saturated rings. The Balaban J connectivity index is 1.41. The lowest BCUT2D eigenvalue weighted by molar-refractivity contribution is -0.144. The molecule has 3 heterocycles. The molecule has 0 aromatic rings. The van der Waals surface area contributed by atoms with Gasteiger partial charge in [-0.05, 0) is 76.3 Å². The molecule has 5 nitrogen and oxygen atoms in total. The zero-order valence-electron chi connectivity index (χ0n) is 15.6. The van der Waals surface area contributed by atoms with E-state index in [-0.39, 0.29) is 11.8 Å². The Morgan fingerprint density at radius 1 is 1.08 bits per heavy atom. The van der Waals surface area contributed by atoms with E-state index in [4.69, 9.17) is 0 Å². The largest absolute Gasteiger partial charge is 0.353 e. The lowest BCUT2D eigenvalue weighted by Gasteiger charge is -2.57. The minimum absolute atomic E-state index is 0.202. The quantitative estimate of drug-likeness (QED) is 0.829. The highest BCUT2D eigenvalue weighted by atomic mass is 16.2. The van der Waals surface area contributed by atoms with Gasteiger partial charge in [-0.25, -0.2) is 0 Å². The van der Waals surface area contributed by atoms with Crippen molar-refractivity contribution in [1.82, 2.24) is 15.1 Å². The number of hydrogen-bond acceptors (Lipinski definition) is 3. The molecular weight excluding hydrogens is 314 g/mol. The van der Waals surface area contributed by atoms with Crippen molar-refractivity contribution in [1.29, 1.82) is 0 Å². The van der Waals surface area contributed by atoms with Gasteiger partial charge in [0.15, 0.2) is 0 Å². The van der Waals surface area contributed by atoms with Crippen LogP contribution in [0.5, 0.6) is 0 Å². The summed E-state index contributed by atoms with van der Waals surface area (Å²) in [6, 6.07) is 1.47. The van der Waals surface area contributed by atoms with Crippen LogP contribution < -0.4 is 5.32 Å². The van der Waals surface area contributed by atoms with Gasteiger partial charge >= 0.3 is 0 Å². The molecular formula is C20H33N3O2. The minimum atomic E-state index is 0.202. The predicted molar refractivity (Wildman–Crippen MR) is 97.0 cm³/mol. The third-order valence-corrected chi connectivity index (χ3v) is 6.92. The van der Waals surface area contributed by atoms with Crippen LogP contribution in [0.3, 0.4) is 0 Å². The normalized spacial score (nSPS) is 35.2. The Labute approximate surface area is 151 Å². The first kappa shape index (κ1) is 17.3. The van der Waals surface area contributed by atoms with Gasteiger partial charge in [0.25, 0.3) is 0 Å². The number of hydrogen-bond donors (Lipinski definition) is 1. The number of amides is 2. The van der Waals surface area contributed by atoms with Crippen molar-refractivity contribution < 1.29 is 9.59 Å². The van der Waals surface area contributed by atoms with Crippen molar-refractivity contribution in [2.45, 2.75) is 82.8 Å². The number of carbonyl (C=O) groups excluding carboxylic acids is 2. The molecule has 0 bridgehead atoms. The Hall–Kier alpha value is -1.10. The zero-order chi connectivity index (χ0) is 17.4. The fraction of sp³-hybridized carbons (Fsp3) is 0.900. The van der Waals surface area contributed by atoms with E-state index in [0.717, 1.165) is 32.2 Å². The van der Waals surface area contributed by atoms with Crippen molar-refractivity contribution in [3.8, 4) is 0 Å². The SMILES string of the molecule is CC(=O)N1C[C@@H]2CCCN3CCC[C@@H]([C@H]23)[C@H]1CCCC(=O)NC1CC1. The highest BCUT2D eigenvalue weighted by Crippen LogP contribution is 2.43. The van der Waals surface area contributed by atoms with Gasteiger partial charge in [0, 0.05) is 38.0 Å². The number of piperidine rings is 3. The Morgan fingerprint density at radius 2 is 1.84 bits per heavy atom. The molecule has 0 unspecified atom stereocenters. The second-order valence-corrected chi connectivity index (χ2v) is 8.71. The third-order valence-electron chi connectivity index (χ3n) is 6.92. The van der Waals surface area contributed by atoms with Crippen LogP contribution in [0, 0.1) is 11.8 Å². The Morgan fingerprint density at radius 3 is 2.56 bits per heavy atom. The summed E-state index contributed by atoms with van der Waals surface area (Å²) < 4.78 is 0. The molecule has 4 atom stereocenters. The maximum Gasteiger partial charge on any atom is 0.220 e. The average Bonchev–Trinajstić information content (AvgIpc) is 3.40. The molecule has 3 saturated heterocycles. The molecule has 2 amide bonds. The summed E-state index contributed by atoms with van der Waals surface area (Å²) in [5, 5.41) is 3.09. The summed E-state index contributed by atoms with van der Waals surface area (Å²) in [4.78, 5) is 29.2. The van der Waals surface area contributed by atoms with Crippen molar-refractivity contribution in [2.24, 2.45) is 11.8 Å². The third kappa shape index (κ3) is 3.71. The second-order valence-electron chi connectivity index (χ2n) is 8.71. The van der Waals surface area contributed by atoms with Gasteiger partial charge in [0.05, 0.1) is 0 Å². The molecule has 4 rings (SSSR count). The van der Waals surface area contributed by atoms with Crippen molar-refractivity contribution in [2.75, 3.05) is 19.6 Å². The van der Waals surface area contributed by atoms with E-state index in [1.54, 1.807) is 6.92 Å². The fourth-order valence-electron chi connectivity index (χ4n) is 5.73. The van der Waals surface area contributed by atoms with Crippen LogP contribution in [0.15, 0.2) is 0 Å².